The summed E-state index contributed by atoms with van der Waals surface area (Å²) in [4.78, 5) is 14.4. The van der Waals surface area contributed by atoms with Gasteiger partial charge in [-0.3, -0.25) is 4.79 Å². The van der Waals surface area contributed by atoms with E-state index < -0.39 is 0 Å². The van der Waals surface area contributed by atoms with Gasteiger partial charge in [-0.05, 0) is 37.1 Å². The summed E-state index contributed by atoms with van der Waals surface area (Å²) in [5.74, 6) is 0.880. The summed E-state index contributed by atoms with van der Waals surface area (Å²) in [7, 11) is 0. The molecule has 4 nitrogen and oxygen atoms in total. The summed E-state index contributed by atoms with van der Waals surface area (Å²) in [5, 5.41) is 0.681. The van der Waals surface area contributed by atoms with Crippen molar-refractivity contribution >= 4 is 17.5 Å². The second-order valence-electron chi connectivity index (χ2n) is 5.43. The predicted molar refractivity (Wildman–Crippen MR) is 76.1 cm³/mol. The summed E-state index contributed by atoms with van der Waals surface area (Å²) < 4.78 is 11.2. The Morgan fingerprint density at radius 2 is 2.30 bits per heavy atom. The van der Waals surface area contributed by atoms with Gasteiger partial charge >= 0.3 is 0 Å². The zero-order chi connectivity index (χ0) is 14.1. The minimum Gasteiger partial charge on any atom is -0.492 e. The number of carbonyl (C=O) groups is 1. The van der Waals surface area contributed by atoms with E-state index in [4.69, 9.17) is 21.1 Å². The van der Waals surface area contributed by atoms with Crippen molar-refractivity contribution in [2.24, 2.45) is 5.92 Å². The lowest BCUT2D eigenvalue weighted by atomic mass is 9.95. The lowest BCUT2D eigenvalue weighted by Gasteiger charge is -2.35. The van der Waals surface area contributed by atoms with Crippen molar-refractivity contribution in [1.29, 1.82) is 0 Å². The number of hydrogen-bond acceptors (Lipinski definition) is 3. The minimum absolute atomic E-state index is 0.110. The average Bonchev–Trinajstić information content (AvgIpc) is 2.45. The molecular weight excluding hydrogens is 278 g/mol. The number of rotatable bonds is 1. The molecule has 2 aliphatic heterocycles. The number of benzene rings is 1. The summed E-state index contributed by atoms with van der Waals surface area (Å²) >= 11 is 6.00. The molecule has 0 unspecified atom stereocenters. The van der Waals surface area contributed by atoms with Gasteiger partial charge in [0.1, 0.15) is 12.4 Å². The van der Waals surface area contributed by atoms with Crippen LogP contribution < -0.4 is 4.74 Å². The van der Waals surface area contributed by atoms with Crippen LogP contribution in [0, 0.1) is 5.92 Å². The fourth-order valence-electron chi connectivity index (χ4n) is 2.80. The molecule has 2 atom stereocenters. The van der Waals surface area contributed by atoms with Crippen LogP contribution in [0.25, 0.3) is 0 Å². The highest BCUT2D eigenvalue weighted by molar-refractivity contribution is 6.30. The van der Waals surface area contributed by atoms with Crippen molar-refractivity contribution in [1.82, 2.24) is 4.90 Å². The summed E-state index contributed by atoms with van der Waals surface area (Å²) in [5.41, 5.74) is 1.02. The maximum absolute atomic E-state index is 12.6. The van der Waals surface area contributed by atoms with Crippen LogP contribution in [-0.2, 0) is 16.0 Å². The molecule has 5 heteroatoms. The summed E-state index contributed by atoms with van der Waals surface area (Å²) in [6.07, 6.45) is 0.805. The molecule has 1 saturated heterocycles. The van der Waals surface area contributed by atoms with Crippen molar-refractivity contribution in [2.75, 3.05) is 26.3 Å². The molecule has 2 heterocycles. The van der Waals surface area contributed by atoms with E-state index in [0.29, 0.717) is 37.7 Å². The van der Waals surface area contributed by atoms with Gasteiger partial charge in [-0.25, -0.2) is 0 Å². The highest BCUT2D eigenvalue weighted by Gasteiger charge is 2.31. The first-order chi connectivity index (χ1) is 9.63. The molecule has 0 spiro atoms. The minimum atomic E-state index is -0.119. The van der Waals surface area contributed by atoms with Crippen molar-refractivity contribution in [3.63, 3.8) is 0 Å². The molecule has 2 aliphatic rings. The Labute approximate surface area is 123 Å². The Hall–Kier alpha value is -1.26. The molecule has 20 heavy (non-hydrogen) atoms. The number of ether oxygens (including phenoxy) is 2. The Kier molecular flexibility index (Phi) is 3.85. The zero-order valence-corrected chi connectivity index (χ0v) is 12.2. The topological polar surface area (TPSA) is 38.8 Å². The van der Waals surface area contributed by atoms with E-state index in [0.717, 1.165) is 11.3 Å². The molecule has 3 rings (SSSR count). The van der Waals surface area contributed by atoms with E-state index >= 15 is 0 Å². The van der Waals surface area contributed by atoms with Crippen LogP contribution >= 0.6 is 11.6 Å². The van der Waals surface area contributed by atoms with E-state index in [1.807, 2.05) is 30.0 Å². The maximum Gasteiger partial charge on any atom is 0.229 e. The second-order valence-corrected chi connectivity index (χ2v) is 5.87. The maximum atomic E-state index is 12.6. The van der Waals surface area contributed by atoms with Gasteiger partial charge in [0.15, 0.2) is 0 Å². The van der Waals surface area contributed by atoms with Crippen LogP contribution in [0.4, 0.5) is 0 Å². The first kappa shape index (κ1) is 13.7. The van der Waals surface area contributed by atoms with Gasteiger partial charge < -0.3 is 14.4 Å². The highest BCUT2D eigenvalue weighted by atomic mass is 35.5. The molecule has 0 radical (unpaired) electrons. The fraction of sp³-hybridized carbons (Fsp3) is 0.533. The zero-order valence-electron chi connectivity index (χ0n) is 11.5. The first-order valence-electron chi connectivity index (χ1n) is 6.95. The van der Waals surface area contributed by atoms with E-state index in [1.54, 1.807) is 0 Å². The van der Waals surface area contributed by atoms with Gasteiger partial charge in [0.2, 0.25) is 5.91 Å². The third-order valence-electron chi connectivity index (χ3n) is 3.83. The molecule has 0 saturated carbocycles. The molecule has 0 aliphatic carbocycles. The number of hydrogen-bond donors (Lipinski definition) is 0. The molecule has 0 aromatic heterocycles. The lowest BCUT2D eigenvalue weighted by Crippen LogP contribution is -2.48. The van der Waals surface area contributed by atoms with Crippen molar-refractivity contribution in [3.8, 4) is 5.75 Å². The number of morpholine rings is 1. The predicted octanol–water partition coefficient (Wildman–Crippen LogP) is 2.14. The van der Waals surface area contributed by atoms with Crippen molar-refractivity contribution < 1.29 is 14.3 Å². The van der Waals surface area contributed by atoms with Crippen LogP contribution in [-0.4, -0.2) is 43.2 Å². The van der Waals surface area contributed by atoms with E-state index in [2.05, 4.69) is 0 Å². The smallest absolute Gasteiger partial charge is 0.229 e. The first-order valence-corrected chi connectivity index (χ1v) is 7.33. The third-order valence-corrected chi connectivity index (χ3v) is 4.07. The van der Waals surface area contributed by atoms with E-state index in [1.165, 1.54) is 0 Å². The Balaban J connectivity index is 1.71. The van der Waals surface area contributed by atoms with Gasteiger partial charge in [0, 0.05) is 18.1 Å². The van der Waals surface area contributed by atoms with Crippen LogP contribution in [0.1, 0.15) is 12.5 Å². The molecule has 108 valence electrons. The van der Waals surface area contributed by atoms with Crippen LogP contribution in [0.3, 0.4) is 0 Å². The summed E-state index contributed by atoms with van der Waals surface area (Å²) in [6.45, 7) is 4.38. The Morgan fingerprint density at radius 1 is 1.45 bits per heavy atom. The number of fused-ring (bicyclic) bond motifs is 1. The van der Waals surface area contributed by atoms with Crippen molar-refractivity contribution in [3.05, 3.63) is 28.8 Å². The van der Waals surface area contributed by atoms with E-state index in [-0.39, 0.29) is 17.9 Å². The number of nitrogens with zero attached hydrogens (tertiary/aromatic N) is 1. The van der Waals surface area contributed by atoms with Crippen LogP contribution in [0.2, 0.25) is 5.02 Å². The molecule has 1 fully saturated rings. The average molecular weight is 296 g/mol. The second kappa shape index (κ2) is 5.62. The molecule has 0 N–H and O–H groups in total. The fourth-order valence-corrected chi connectivity index (χ4v) is 2.99. The number of halogens is 1. The van der Waals surface area contributed by atoms with Gasteiger partial charge in [-0.1, -0.05) is 11.6 Å². The SMILES string of the molecule is C[C@H]1CN(C(=O)[C@H]2COc3ccc(Cl)cc3C2)CCO1. The Bertz CT molecular complexity index is 520. The molecule has 0 bridgehead atoms. The normalized spacial score (nSPS) is 25.8. The molecule has 1 amide bonds. The largest absolute Gasteiger partial charge is 0.492 e. The highest BCUT2D eigenvalue weighted by Crippen LogP contribution is 2.30. The quantitative estimate of drug-likeness (QED) is 0.797. The van der Waals surface area contributed by atoms with E-state index in [9.17, 15) is 4.79 Å². The van der Waals surface area contributed by atoms with Crippen LogP contribution in [0.15, 0.2) is 18.2 Å². The Morgan fingerprint density at radius 3 is 3.10 bits per heavy atom. The van der Waals surface area contributed by atoms with Crippen molar-refractivity contribution in [2.45, 2.75) is 19.4 Å². The summed E-state index contributed by atoms with van der Waals surface area (Å²) in [6, 6.07) is 5.57. The standard InChI is InChI=1S/C15H18ClNO3/c1-10-8-17(4-5-19-10)15(18)12-6-11-7-13(16)2-3-14(11)20-9-12/h2-3,7,10,12H,4-6,8-9H2,1H3/t10-,12+/m0/s1. The van der Waals surface area contributed by atoms with Gasteiger partial charge in [-0.2, -0.15) is 0 Å². The molecule has 1 aromatic rings. The lowest BCUT2D eigenvalue weighted by molar-refractivity contribution is -0.143. The number of amides is 1. The van der Waals surface area contributed by atoms with Gasteiger partial charge in [-0.15, -0.1) is 0 Å². The number of carbonyl (C=O) groups excluding carboxylic acids is 1. The van der Waals surface area contributed by atoms with Gasteiger partial charge in [0.05, 0.1) is 18.6 Å². The van der Waals surface area contributed by atoms with Crippen LogP contribution in [0.5, 0.6) is 5.75 Å². The monoisotopic (exact) mass is 295 g/mol. The molecular formula is C15H18ClNO3. The van der Waals surface area contributed by atoms with Gasteiger partial charge in [0.25, 0.3) is 0 Å². The molecule has 1 aromatic carbocycles. The third kappa shape index (κ3) is 2.76.